The van der Waals surface area contributed by atoms with E-state index < -0.39 is 43.5 Å². The first-order valence-electron chi connectivity index (χ1n) is 4.88. The van der Waals surface area contributed by atoms with Crippen LogP contribution in [0.2, 0.25) is 0 Å². The van der Waals surface area contributed by atoms with Gasteiger partial charge in [-0.1, -0.05) is 16.0 Å². The monoisotopic (exact) mass is 354 g/mol. The second kappa shape index (κ2) is 5.87. The van der Waals surface area contributed by atoms with Gasteiger partial charge in [0.2, 0.25) is 0 Å². The Bertz CT molecular complexity index is 634. The lowest BCUT2D eigenvalue weighted by atomic mass is 10.2. The minimum absolute atomic E-state index is 0.0902. The van der Waals surface area contributed by atoms with E-state index in [0.29, 0.717) is 6.08 Å². The highest BCUT2D eigenvalue weighted by molar-refractivity contribution is 8.01. The van der Waals surface area contributed by atoms with Gasteiger partial charge in [-0.05, 0) is 29.5 Å². The highest BCUT2D eigenvalue weighted by Gasteiger charge is 2.67. The molecule has 1 rings (SSSR count). The first kappa shape index (κ1) is 17.8. The molecule has 21 heavy (non-hydrogen) atoms. The summed E-state index contributed by atoms with van der Waals surface area (Å²) in [5.41, 5.74) is -0.0902. The average Bonchev–Trinajstić information content (AvgIpc) is 2.29. The van der Waals surface area contributed by atoms with Crippen molar-refractivity contribution in [3.8, 4) is 0 Å². The summed E-state index contributed by atoms with van der Waals surface area (Å²) in [6.45, 7) is 0. The number of hydrogen-bond acceptors (Lipinski definition) is 3. The van der Waals surface area contributed by atoms with Crippen molar-refractivity contribution in [2.45, 2.75) is 15.4 Å². The molecule has 0 amide bonds. The molecule has 0 aliphatic heterocycles. The Balaban J connectivity index is 3.02. The van der Waals surface area contributed by atoms with E-state index >= 15 is 0 Å². The van der Waals surface area contributed by atoms with Crippen LogP contribution < -0.4 is 0 Å². The van der Waals surface area contributed by atoms with Crippen LogP contribution in [0.4, 0.5) is 30.2 Å². The maximum Gasteiger partial charge on any atom is 0.446 e. The van der Waals surface area contributed by atoms with Crippen molar-refractivity contribution in [1.29, 1.82) is 0 Å². The molecule has 0 bridgehead atoms. The summed E-state index contributed by atoms with van der Waals surface area (Å²) in [6, 6.07) is 3.40. The molecule has 1 aromatic carbocycles. The predicted molar refractivity (Wildman–Crippen MR) is 62.4 cm³/mol. The SMILES string of the molecule is O=S(=O)(F)C(F)(F)C(F)(F)Sc1ccc(C=C(F)F)cc1. The normalized spacial score (nSPS) is 13.1. The smallest absolute Gasteiger partial charge is 0.188 e. The minimum Gasteiger partial charge on any atom is -0.188 e. The standard InChI is InChI=1S/C10H5F7O2S2/c11-8(12)5-6-1-3-7(4-2-6)20-9(13,14)10(15,16)21(17,18)19/h1-5H. The van der Waals surface area contributed by atoms with Gasteiger partial charge in [0.25, 0.3) is 6.08 Å². The third-order valence-corrected chi connectivity index (χ3v) is 4.07. The van der Waals surface area contributed by atoms with Gasteiger partial charge in [0, 0.05) is 11.0 Å². The van der Waals surface area contributed by atoms with E-state index in [9.17, 15) is 38.6 Å². The first-order valence-corrected chi connectivity index (χ1v) is 7.08. The van der Waals surface area contributed by atoms with E-state index in [-0.39, 0.29) is 5.56 Å². The molecular formula is C10H5F7O2S2. The summed E-state index contributed by atoms with van der Waals surface area (Å²) < 4.78 is 108. The summed E-state index contributed by atoms with van der Waals surface area (Å²) in [5, 5.41) is -11.2. The molecule has 0 N–H and O–H groups in total. The second-order valence-corrected chi connectivity index (χ2v) is 6.15. The van der Waals surface area contributed by atoms with Crippen molar-refractivity contribution in [2.24, 2.45) is 0 Å². The number of rotatable bonds is 5. The van der Waals surface area contributed by atoms with E-state index in [2.05, 4.69) is 0 Å². The van der Waals surface area contributed by atoms with Crippen LogP contribution in [0.15, 0.2) is 35.2 Å². The van der Waals surface area contributed by atoms with Crippen LogP contribution in [0, 0.1) is 0 Å². The average molecular weight is 354 g/mol. The van der Waals surface area contributed by atoms with Crippen LogP contribution in [0.5, 0.6) is 0 Å². The van der Waals surface area contributed by atoms with E-state index in [1.54, 1.807) is 0 Å². The fourth-order valence-corrected chi connectivity index (χ4v) is 2.50. The van der Waals surface area contributed by atoms with Crippen LogP contribution in [-0.4, -0.2) is 18.9 Å². The molecule has 2 nitrogen and oxygen atoms in total. The van der Waals surface area contributed by atoms with Gasteiger partial charge in [0.05, 0.1) is 0 Å². The summed E-state index contributed by atoms with van der Waals surface area (Å²) in [4.78, 5) is -0.556. The molecule has 0 saturated carbocycles. The molecule has 118 valence electrons. The second-order valence-electron chi connectivity index (χ2n) is 3.58. The predicted octanol–water partition coefficient (Wildman–Crippen LogP) is 4.50. The Morgan fingerprint density at radius 1 is 1.05 bits per heavy atom. The molecule has 0 radical (unpaired) electrons. The van der Waals surface area contributed by atoms with Gasteiger partial charge < -0.3 is 0 Å². The number of halogens is 7. The van der Waals surface area contributed by atoms with Crippen LogP contribution >= 0.6 is 11.8 Å². The van der Waals surface area contributed by atoms with Crippen molar-refractivity contribution in [3.05, 3.63) is 35.9 Å². The van der Waals surface area contributed by atoms with E-state index in [4.69, 9.17) is 0 Å². The minimum atomic E-state index is -6.82. The lowest BCUT2D eigenvalue weighted by molar-refractivity contribution is -0.0927. The van der Waals surface area contributed by atoms with Crippen LogP contribution in [-0.2, 0) is 10.2 Å². The summed E-state index contributed by atoms with van der Waals surface area (Å²) >= 11 is -0.903. The van der Waals surface area contributed by atoms with Crippen LogP contribution in [0.3, 0.4) is 0 Å². The number of hydrogen-bond donors (Lipinski definition) is 0. The van der Waals surface area contributed by atoms with Gasteiger partial charge in [-0.3, -0.25) is 0 Å². The lowest BCUT2D eigenvalue weighted by Crippen LogP contribution is -2.42. The fraction of sp³-hybridized carbons (Fsp3) is 0.200. The maximum atomic E-state index is 13.2. The Morgan fingerprint density at radius 2 is 1.52 bits per heavy atom. The summed E-state index contributed by atoms with van der Waals surface area (Å²) in [7, 11) is -6.82. The van der Waals surface area contributed by atoms with Gasteiger partial charge in [-0.25, -0.2) is 0 Å². The molecule has 0 aliphatic carbocycles. The van der Waals surface area contributed by atoms with Gasteiger partial charge in [0.15, 0.2) is 0 Å². The zero-order chi connectivity index (χ0) is 16.5. The highest BCUT2D eigenvalue weighted by Crippen LogP contribution is 2.49. The molecule has 11 heteroatoms. The Hall–Kier alpha value is -1.23. The lowest BCUT2D eigenvalue weighted by Gasteiger charge is -2.22. The first-order chi connectivity index (χ1) is 9.37. The van der Waals surface area contributed by atoms with E-state index in [1.807, 2.05) is 0 Å². The van der Waals surface area contributed by atoms with Crippen molar-refractivity contribution in [3.63, 3.8) is 0 Å². The number of thioether (sulfide) groups is 1. The zero-order valence-electron chi connectivity index (χ0n) is 9.67. The quantitative estimate of drug-likeness (QED) is 0.444. The Morgan fingerprint density at radius 3 is 1.90 bits per heavy atom. The van der Waals surface area contributed by atoms with Crippen molar-refractivity contribution in [1.82, 2.24) is 0 Å². The molecule has 1 aromatic rings. The number of benzene rings is 1. The molecule has 0 atom stereocenters. The van der Waals surface area contributed by atoms with Gasteiger partial charge in [0.1, 0.15) is 0 Å². The van der Waals surface area contributed by atoms with Crippen LogP contribution in [0.25, 0.3) is 6.08 Å². The molecule has 0 saturated heterocycles. The molecular weight excluding hydrogens is 349 g/mol. The van der Waals surface area contributed by atoms with Crippen molar-refractivity contribution >= 4 is 28.1 Å². The molecule has 0 spiro atoms. The van der Waals surface area contributed by atoms with Gasteiger partial charge in [-0.15, -0.1) is 0 Å². The fourth-order valence-electron chi connectivity index (χ4n) is 1.11. The largest absolute Gasteiger partial charge is 0.446 e. The summed E-state index contributed by atoms with van der Waals surface area (Å²) in [5.74, 6) is 0. The molecule has 0 unspecified atom stereocenters. The Kier molecular flexibility index (Phi) is 4.98. The van der Waals surface area contributed by atoms with Crippen molar-refractivity contribution in [2.75, 3.05) is 0 Å². The number of alkyl halides is 4. The van der Waals surface area contributed by atoms with E-state index in [0.717, 1.165) is 24.3 Å². The molecule has 0 aromatic heterocycles. The third-order valence-electron chi connectivity index (χ3n) is 2.05. The maximum absolute atomic E-state index is 13.2. The zero-order valence-corrected chi connectivity index (χ0v) is 11.3. The highest BCUT2D eigenvalue weighted by atomic mass is 32.3. The summed E-state index contributed by atoms with van der Waals surface area (Å²) in [6.07, 6.45) is -1.66. The topological polar surface area (TPSA) is 34.1 Å². The Labute approximate surface area is 118 Å². The molecule has 0 fully saturated rings. The third kappa shape index (κ3) is 4.13. The van der Waals surface area contributed by atoms with Gasteiger partial charge >= 0.3 is 20.7 Å². The molecule has 0 heterocycles. The van der Waals surface area contributed by atoms with E-state index in [1.165, 1.54) is 0 Å². The molecule has 0 aliphatic rings. The van der Waals surface area contributed by atoms with Gasteiger partial charge in [-0.2, -0.15) is 34.8 Å². The van der Waals surface area contributed by atoms with Crippen LogP contribution in [0.1, 0.15) is 5.56 Å². The van der Waals surface area contributed by atoms with Crippen molar-refractivity contribution < 1.29 is 38.6 Å².